The lowest BCUT2D eigenvalue weighted by molar-refractivity contribution is -0.141. The third-order valence-corrected chi connectivity index (χ3v) is 5.40. The van der Waals surface area contributed by atoms with Crippen molar-refractivity contribution in [2.24, 2.45) is 10.8 Å². The summed E-state index contributed by atoms with van der Waals surface area (Å²) in [5.41, 5.74) is -0.247. The van der Waals surface area contributed by atoms with Gasteiger partial charge in [-0.1, -0.05) is 36.6 Å². The molecule has 0 aromatic heterocycles. The number of hydrogen-bond donors (Lipinski definition) is 2. The van der Waals surface area contributed by atoms with Crippen LogP contribution in [0.25, 0.3) is 0 Å². The molecular formula is C23H39N2O8P. The summed E-state index contributed by atoms with van der Waals surface area (Å²) >= 11 is 0. The molecule has 0 heterocycles. The molecule has 0 aromatic carbocycles. The van der Waals surface area contributed by atoms with Gasteiger partial charge in [0.1, 0.15) is 25.9 Å². The van der Waals surface area contributed by atoms with E-state index in [1.165, 1.54) is 0 Å². The summed E-state index contributed by atoms with van der Waals surface area (Å²) in [7, 11) is 2.01. The lowest BCUT2D eigenvalue weighted by Crippen LogP contribution is -2.50. The first kappa shape index (κ1) is 29.8. The molecule has 34 heavy (non-hydrogen) atoms. The molecule has 194 valence electrons. The fourth-order valence-electron chi connectivity index (χ4n) is 4.31. The Kier molecular flexibility index (Phi) is 12.0. The first-order valence-corrected chi connectivity index (χ1v) is 11.9. The van der Waals surface area contributed by atoms with Crippen LogP contribution in [0.1, 0.15) is 53.9 Å². The van der Waals surface area contributed by atoms with E-state index in [1.807, 2.05) is 9.24 Å². The van der Waals surface area contributed by atoms with Crippen LogP contribution >= 0.6 is 9.24 Å². The molecule has 2 amide bonds. The van der Waals surface area contributed by atoms with E-state index in [-0.39, 0.29) is 54.4 Å². The molecule has 0 spiro atoms. The molecule has 0 bridgehead atoms. The summed E-state index contributed by atoms with van der Waals surface area (Å²) in [5, 5.41) is 5.69. The summed E-state index contributed by atoms with van der Waals surface area (Å²) in [5.74, 6) is -0.535. The van der Waals surface area contributed by atoms with Crippen molar-refractivity contribution < 1.29 is 38.1 Å². The number of hydrogen-bond acceptors (Lipinski definition) is 8. The third-order valence-electron chi connectivity index (χ3n) is 5.24. The van der Waals surface area contributed by atoms with Crippen LogP contribution in [0.2, 0.25) is 0 Å². The van der Waals surface area contributed by atoms with Crippen LogP contribution in [0, 0.1) is 10.8 Å². The van der Waals surface area contributed by atoms with E-state index < -0.39 is 24.3 Å². The largest absolute Gasteiger partial charge is 0.458 e. The molecule has 1 fully saturated rings. The second-order valence-corrected chi connectivity index (χ2v) is 10.6. The van der Waals surface area contributed by atoms with Gasteiger partial charge in [0.05, 0.1) is 6.61 Å². The molecule has 1 aliphatic rings. The van der Waals surface area contributed by atoms with Crippen LogP contribution in [0.4, 0.5) is 9.59 Å². The number of carbonyl (C=O) groups is 4. The maximum Gasteiger partial charge on any atom is 0.407 e. The minimum Gasteiger partial charge on any atom is -0.458 e. The Hall–Kier alpha value is -2.19. The first-order chi connectivity index (χ1) is 15.7. The molecular weight excluding hydrogens is 463 g/mol. The minimum atomic E-state index is -0.610. The van der Waals surface area contributed by atoms with Gasteiger partial charge in [-0.05, 0) is 43.9 Å². The predicted octanol–water partition coefficient (Wildman–Crippen LogP) is 2.95. The van der Waals surface area contributed by atoms with E-state index in [0.29, 0.717) is 13.0 Å². The molecule has 1 aliphatic carbocycles. The van der Waals surface area contributed by atoms with E-state index in [9.17, 15) is 19.2 Å². The molecule has 2 N–H and O–H groups in total. The molecule has 4 unspecified atom stereocenters. The molecule has 4 atom stereocenters. The number of rotatable bonds is 12. The highest BCUT2D eigenvalue weighted by atomic mass is 31.0. The van der Waals surface area contributed by atoms with Gasteiger partial charge < -0.3 is 29.6 Å². The van der Waals surface area contributed by atoms with Crippen molar-refractivity contribution in [3.8, 4) is 0 Å². The van der Waals surface area contributed by atoms with Gasteiger partial charge in [-0.25, -0.2) is 14.4 Å². The number of carbonyl (C=O) groups excluding carboxylic acids is 4. The Balaban J connectivity index is 2.49. The molecule has 11 heteroatoms. The van der Waals surface area contributed by atoms with Crippen molar-refractivity contribution in [2.75, 3.05) is 33.0 Å². The van der Waals surface area contributed by atoms with Crippen molar-refractivity contribution in [2.45, 2.75) is 66.0 Å². The highest BCUT2D eigenvalue weighted by Crippen LogP contribution is 2.45. The summed E-state index contributed by atoms with van der Waals surface area (Å²) in [6.07, 6.45) is 0.505. The number of esters is 1. The van der Waals surface area contributed by atoms with Gasteiger partial charge in [0.25, 0.3) is 0 Å². The van der Waals surface area contributed by atoms with Crippen LogP contribution in [-0.2, 0) is 28.5 Å². The van der Waals surface area contributed by atoms with Crippen LogP contribution in [0.3, 0.4) is 0 Å². The molecule has 1 saturated carbocycles. The monoisotopic (exact) mass is 502 g/mol. The maximum atomic E-state index is 12.2. The fraction of sp³-hybridized carbons (Fsp3) is 0.739. The van der Waals surface area contributed by atoms with Crippen molar-refractivity contribution in [1.82, 2.24) is 10.6 Å². The SMILES string of the molecule is C=C(C)C(=O)OCC(C)OC(=O)NCC1(C)CC(NC(=O)OCCOCC(=O)P)CC(C)(C)C1. The second-order valence-electron chi connectivity index (χ2n) is 10.0. The average Bonchev–Trinajstić information content (AvgIpc) is 2.68. The number of alkyl carbamates (subject to hydrolysis) is 2. The van der Waals surface area contributed by atoms with Gasteiger partial charge in [0.15, 0.2) is 5.52 Å². The van der Waals surface area contributed by atoms with Gasteiger partial charge >= 0.3 is 18.2 Å². The minimum absolute atomic E-state index is 0.0430. The van der Waals surface area contributed by atoms with Crippen LogP contribution in [0.5, 0.6) is 0 Å². The van der Waals surface area contributed by atoms with Gasteiger partial charge in [0, 0.05) is 18.2 Å². The molecule has 0 radical (unpaired) electrons. The zero-order valence-electron chi connectivity index (χ0n) is 20.9. The van der Waals surface area contributed by atoms with Gasteiger partial charge in [-0.15, -0.1) is 0 Å². The second kappa shape index (κ2) is 13.6. The Morgan fingerprint density at radius 3 is 2.38 bits per heavy atom. The van der Waals surface area contributed by atoms with E-state index in [4.69, 9.17) is 18.9 Å². The van der Waals surface area contributed by atoms with E-state index in [1.54, 1.807) is 13.8 Å². The van der Waals surface area contributed by atoms with Gasteiger partial charge in [-0.3, -0.25) is 4.79 Å². The Labute approximate surface area is 204 Å². The average molecular weight is 503 g/mol. The van der Waals surface area contributed by atoms with Crippen molar-refractivity contribution in [3.63, 3.8) is 0 Å². The maximum absolute atomic E-state index is 12.2. The number of ether oxygens (including phenoxy) is 4. The predicted molar refractivity (Wildman–Crippen MR) is 129 cm³/mol. The quantitative estimate of drug-likeness (QED) is 0.137. The van der Waals surface area contributed by atoms with Crippen LogP contribution in [0.15, 0.2) is 12.2 Å². The topological polar surface area (TPSA) is 129 Å². The molecule has 10 nitrogen and oxygen atoms in total. The van der Waals surface area contributed by atoms with Crippen molar-refractivity contribution in [3.05, 3.63) is 12.2 Å². The van der Waals surface area contributed by atoms with Crippen LogP contribution < -0.4 is 10.6 Å². The zero-order valence-corrected chi connectivity index (χ0v) is 22.0. The summed E-state index contributed by atoms with van der Waals surface area (Å²) in [4.78, 5) is 46.7. The summed E-state index contributed by atoms with van der Waals surface area (Å²) in [6, 6.07) is -0.130. The lowest BCUT2D eigenvalue weighted by atomic mass is 9.62. The van der Waals surface area contributed by atoms with E-state index in [2.05, 4.69) is 38.0 Å². The summed E-state index contributed by atoms with van der Waals surface area (Å²) < 4.78 is 20.4. The first-order valence-electron chi connectivity index (χ1n) is 11.3. The lowest BCUT2D eigenvalue weighted by Gasteiger charge is -2.46. The van der Waals surface area contributed by atoms with Crippen molar-refractivity contribution >= 4 is 32.9 Å². The molecule has 0 aliphatic heterocycles. The molecule has 0 saturated heterocycles. The normalized spacial score (nSPS) is 22.1. The standard InChI is InChI=1S/C23H39N2O8P/c1-15(2)19(27)32-11-16(3)33-20(28)24-14-23(6)10-17(9-22(4,5)13-23)25-21(29)31-8-7-30-12-18(26)34/h16-17H,1,7-14,34H2,2-6H3,(H,24,28)(H,25,29). The smallest absolute Gasteiger partial charge is 0.407 e. The zero-order chi connectivity index (χ0) is 25.9. The number of amides is 2. The number of nitrogens with one attached hydrogen (secondary N) is 2. The molecule has 0 aromatic rings. The summed E-state index contributed by atoms with van der Waals surface area (Å²) in [6.45, 7) is 13.4. The van der Waals surface area contributed by atoms with E-state index in [0.717, 1.165) is 12.8 Å². The highest BCUT2D eigenvalue weighted by Gasteiger charge is 2.42. The van der Waals surface area contributed by atoms with Crippen molar-refractivity contribution in [1.29, 1.82) is 0 Å². The van der Waals surface area contributed by atoms with Gasteiger partial charge in [0.2, 0.25) is 0 Å². The highest BCUT2D eigenvalue weighted by molar-refractivity contribution is 7.40. The van der Waals surface area contributed by atoms with E-state index >= 15 is 0 Å². The third kappa shape index (κ3) is 12.3. The van der Waals surface area contributed by atoms with Gasteiger partial charge in [-0.2, -0.15) is 0 Å². The Bertz CT molecular complexity index is 757. The fourth-order valence-corrected chi connectivity index (χ4v) is 4.42. The van der Waals surface area contributed by atoms with Crippen LogP contribution in [-0.4, -0.2) is 68.8 Å². The Morgan fingerprint density at radius 2 is 1.76 bits per heavy atom. The Morgan fingerprint density at radius 1 is 1.09 bits per heavy atom. The molecule has 1 rings (SSSR count).